The Morgan fingerprint density at radius 1 is 1.03 bits per heavy atom. The molecule has 178 valence electrons. The molecule has 7 nitrogen and oxygen atoms in total. The first kappa shape index (κ1) is 24.4. The monoisotopic (exact) mass is 503 g/mol. The van der Waals surface area contributed by atoms with E-state index in [1.54, 1.807) is 48.4 Å². The summed E-state index contributed by atoms with van der Waals surface area (Å²) in [5.74, 6) is 0.110. The fourth-order valence-electron chi connectivity index (χ4n) is 3.44. The number of nitrogens with zero attached hydrogens (tertiary/aromatic N) is 2. The predicted molar refractivity (Wildman–Crippen MR) is 145 cm³/mol. The van der Waals surface area contributed by atoms with Gasteiger partial charge in [-0.1, -0.05) is 18.2 Å². The molecule has 4 rings (SSSR count). The van der Waals surface area contributed by atoms with Crippen LogP contribution in [0.1, 0.15) is 16.8 Å². The van der Waals surface area contributed by atoms with E-state index in [1.165, 1.54) is 11.3 Å². The van der Waals surface area contributed by atoms with Gasteiger partial charge in [-0.25, -0.2) is 4.98 Å². The summed E-state index contributed by atoms with van der Waals surface area (Å²) in [6, 6.07) is 17.9. The van der Waals surface area contributed by atoms with Crippen LogP contribution in [0.15, 0.2) is 78.4 Å². The Bertz CT molecular complexity index is 1290. The highest BCUT2D eigenvalue weighted by Gasteiger charge is 2.22. The maximum absolute atomic E-state index is 13.0. The first-order valence-electron chi connectivity index (χ1n) is 11.0. The average Bonchev–Trinajstić information content (AvgIpc) is 3.36. The molecule has 0 aliphatic carbocycles. The third kappa shape index (κ3) is 6.46. The molecule has 0 aliphatic rings. The molecular weight excluding hydrogens is 478 g/mol. The number of hydrogen-bond acceptors (Lipinski definition) is 7. The zero-order valence-corrected chi connectivity index (χ0v) is 20.7. The molecule has 0 bridgehead atoms. The van der Waals surface area contributed by atoms with E-state index in [1.807, 2.05) is 42.0 Å². The Labute approximate surface area is 212 Å². The van der Waals surface area contributed by atoms with Crippen molar-refractivity contribution in [1.29, 1.82) is 0 Å². The molecule has 2 heterocycles. The molecule has 1 atom stereocenters. The van der Waals surface area contributed by atoms with Crippen LogP contribution in [-0.4, -0.2) is 39.8 Å². The average molecular weight is 504 g/mol. The summed E-state index contributed by atoms with van der Waals surface area (Å²) in [6.45, 7) is 0. The van der Waals surface area contributed by atoms with Crippen molar-refractivity contribution in [2.75, 3.05) is 23.1 Å². The van der Waals surface area contributed by atoms with E-state index < -0.39 is 6.04 Å². The minimum absolute atomic E-state index is 0.297. The molecule has 0 saturated carbocycles. The van der Waals surface area contributed by atoms with Gasteiger partial charge >= 0.3 is 0 Å². The van der Waals surface area contributed by atoms with Gasteiger partial charge in [0.15, 0.2) is 5.13 Å². The van der Waals surface area contributed by atoms with Gasteiger partial charge in [-0.05, 0) is 72.0 Å². The molecule has 0 saturated heterocycles. The van der Waals surface area contributed by atoms with Gasteiger partial charge in [-0.2, -0.15) is 11.8 Å². The number of nitrogens with two attached hydrogens (primary N) is 1. The van der Waals surface area contributed by atoms with Crippen molar-refractivity contribution in [3.63, 3.8) is 0 Å². The lowest BCUT2D eigenvalue weighted by atomic mass is 10.0. The minimum Gasteiger partial charge on any atom is -0.399 e. The molecule has 2 aromatic heterocycles. The zero-order chi connectivity index (χ0) is 24.6. The van der Waals surface area contributed by atoms with Gasteiger partial charge in [0.2, 0.25) is 5.91 Å². The zero-order valence-electron chi connectivity index (χ0n) is 19.1. The van der Waals surface area contributed by atoms with Crippen molar-refractivity contribution < 1.29 is 9.59 Å². The first-order chi connectivity index (χ1) is 17.0. The number of anilines is 2. The van der Waals surface area contributed by atoms with Gasteiger partial charge in [0, 0.05) is 34.6 Å². The molecule has 0 aliphatic heterocycles. The molecule has 0 radical (unpaired) electrons. The van der Waals surface area contributed by atoms with E-state index in [-0.39, 0.29) is 11.8 Å². The Morgan fingerprint density at radius 3 is 2.51 bits per heavy atom. The molecule has 0 unspecified atom stereocenters. The summed E-state index contributed by atoms with van der Waals surface area (Å²) in [7, 11) is 0. The largest absolute Gasteiger partial charge is 0.399 e. The molecule has 4 aromatic rings. The lowest BCUT2D eigenvalue weighted by molar-refractivity contribution is -0.118. The SMILES string of the molecule is CSCC[C@H](NC(=O)c1ccc(N)cc1)C(=O)Nc1nc(-c2cccc(-c3ccncc3)c2)cs1. The maximum atomic E-state index is 13.0. The Morgan fingerprint density at radius 2 is 1.77 bits per heavy atom. The van der Waals surface area contributed by atoms with Crippen LogP contribution in [0.25, 0.3) is 22.4 Å². The summed E-state index contributed by atoms with van der Waals surface area (Å²) < 4.78 is 0. The molecule has 2 amide bonds. The summed E-state index contributed by atoms with van der Waals surface area (Å²) in [6.07, 6.45) is 5.99. The van der Waals surface area contributed by atoms with E-state index in [9.17, 15) is 9.59 Å². The second-order valence-electron chi connectivity index (χ2n) is 7.77. The van der Waals surface area contributed by atoms with Crippen LogP contribution in [0.5, 0.6) is 0 Å². The lowest BCUT2D eigenvalue weighted by Gasteiger charge is -2.17. The second kappa shape index (κ2) is 11.6. The van der Waals surface area contributed by atoms with Crippen LogP contribution in [0.4, 0.5) is 10.8 Å². The number of benzene rings is 2. The van der Waals surface area contributed by atoms with Gasteiger partial charge < -0.3 is 16.4 Å². The Kier molecular flexibility index (Phi) is 8.12. The number of carbonyl (C=O) groups excluding carboxylic acids is 2. The number of aromatic nitrogens is 2. The number of thiazole rings is 1. The highest BCUT2D eigenvalue weighted by atomic mass is 32.2. The highest BCUT2D eigenvalue weighted by molar-refractivity contribution is 7.98. The summed E-state index contributed by atoms with van der Waals surface area (Å²) in [4.78, 5) is 34.4. The number of nitrogen functional groups attached to an aromatic ring is 1. The number of amides is 2. The number of hydrogen-bond donors (Lipinski definition) is 3. The van der Waals surface area contributed by atoms with E-state index in [0.717, 1.165) is 28.1 Å². The van der Waals surface area contributed by atoms with Gasteiger partial charge in [0.1, 0.15) is 6.04 Å². The summed E-state index contributed by atoms with van der Waals surface area (Å²) in [5.41, 5.74) is 10.6. The van der Waals surface area contributed by atoms with E-state index in [0.29, 0.717) is 22.8 Å². The molecule has 2 aromatic carbocycles. The summed E-state index contributed by atoms with van der Waals surface area (Å²) >= 11 is 2.96. The fourth-order valence-corrected chi connectivity index (χ4v) is 4.63. The van der Waals surface area contributed by atoms with E-state index >= 15 is 0 Å². The highest BCUT2D eigenvalue weighted by Crippen LogP contribution is 2.29. The van der Waals surface area contributed by atoms with Crippen LogP contribution in [0.3, 0.4) is 0 Å². The van der Waals surface area contributed by atoms with Crippen molar-refractivity contribution >= 4 is 45.7 Å². The van der Waals surface area contributed by atoms with E-state index in [4.69, 9.17) is 5.73 Å². The Hall–Kier alpha value is -3.69. The van der Waals surface area contributed by atoms with Crippen LogP contribution < -0.4 is 16.4 Å². The van der Waals surface area contributed by atoms with Crippen LogP contribution >= 0.6 is 23.1 Å². The molecule has 0 spiro atoms. The molecule has 0 fully saturated rings. The predicted octanol–water partition coefficient (Wildman–Crippen LogP) is 4.94. The smallest absolute Gasteiger partial charge is 0.251 e. The van der Waals surface area contributed by atoms with Crippen molar-refractivity contribution in [3.05, 3.63) is 84.0 Å². The standard InChI is InChI=1S/C26H25N5O2S2/c1-34-14-11-22(29-24(32)18-5-7-21(27)8-6-18)25(33)31-26-30-23(16-35-26)20-4-2-3-19(15-20)17-9-12-28-13-10-17/h2-10,12-13,15-16,22H,11,14,27H2,1H3,(H,29,32)(H,30,31,33)/t22-/m0/s1. The number of thioether (sulfide) groups is 1. The third-order valence-corrected chi connectivity index (χ3v) is 6.71. The molecule has 4 N–H and O–H groups in total. The van der Waals surface area contributed by atoms with E-state index in [2.05, 4.69) is 26.7 Å². The van der Waals surface area contributed by atoms with Crippen LogP contribution in [0.2, 0.25) is 0 Å². The normalized spacial score (nSPS) is 11.6. The molecular formula is C26H25N5O2S2. The van der Waals surface area contributed by atoms with Gasteiger partial charge in [-0.15, -0.1) is 11.3 Å². The van der Waals surface area contributed by atoms with Crippen LogP contribution in [0, 0.1) is 0 Å². The van der Waals surface area contributed by atoms with Crippen molar-refractivity contribution in [1.82, 2.24) is 15.3 Å². The number of pyridine rings is 1. The van der Waals surface area contributed by atoms with Crippen molar-refractivity contribution in [2.45, 2.75) is 12.5 Å². The maximum Gasteiger partial charge on any atom is 0.251 e. The number of carbonyl (C=O) groups is 2. The first-order valence-corrected chi connectivity index (χ1v) is 13.2. The Balaban J connectivity index is 1.46. The van der Waals surface area contributed by atoms with Gasteiger partial charge in [0.25, 0.3) is 5.91 Å². The van der Waals surface area contributed by atoms with Crippen molar-refractivity contribution in [3.8, 4) is 22.4 Å². The minimum atomic E-state index is -0.685. The van der Waals surface area contributed by atoms with Gasteiger partial charge in [0.05, 0.1) is 5.69 Å². The number of rotatable bonds is 9. The quantitative estimate of drug-likeness (QED) is 0.279. The van der Waals surface area contributed by atoms with Gasteiger partial charge in [-0.3, -0.25) is 14.6 Å². The lowest BCUT2D eigenvalue weighted by Crippen LogP contribution is -2.44. The summed E-state index contributed by atoms with van der Waals surface area (Å²) in [5, 5.41) is 8.10. The fraction of sp³-hybridized carbons (Fsp3) is 0.154. The third-order valence-electron chi connectivity index (χ3n) is 5.31. The van der Waals surface area contributed by atoms with Crippen LogP contribution in [-0.2, 0) is 4.79 Å². The molecule has 35 heavy (non-hydrogen) atoms. The topological polar surface area (TPSA) is 110 Å². The molecule has 9 heteroatoms. The van der Waals surface area contributed by atoms with Crippen molar-refractivity contribution in [2.24, 2.45) is 0 Å². The number of nitrogens with one attached hydrogen (secondary N) is 2. The second-order valence-corrected chi connectivity index (χ2v) is 9.62.